The largest absolute Gasteiger partial charge is 0.488 e. The zero-order valence-electron chi connectivity index (χ0n) is 17.9. The smallest absolute Gasteiger partial charge is 0.335 e. The summed E-state index contributed by atoms with van der Waals surface area (Å²) in [6.45, 7) is 0.313. The Hall–Kier alpha value is -4.08. The van der Waals surface area contributed by atoms with Gasteiger partial charge in [0.05, 0.1) is 16.0 Å². The molecule has 0 atom stereocenters. The van der Waals surface area contributed by atoms with Crippen LogP contribution in [-0.4, -0.2) is 33.2 Å². The van der Waals surface area contributed by atoms with Gasteiger partial charge in [0.15, 0.2) is 5.17 Å². The fraction of sp³-hybridized carbons (Fsp3) is 0.0400. The van der Waals surface area contributed by atoms with Crippen molar-refractivity contribution in [3.8, 4) is 5.75 Å². The van der Waals surface area contributed by atoms with E-state index >= 15 is 0 Å². The highest BCUT2D eigenvalue weighted by Gasteiger charge is 2.23. The van der Waals surface area contributed by atoms with Gasteiger partial charge in [0.1, 0.15) is 12.4 Å². The predicted octanol–water partition coefficient (Wildman–Crippen LogP) is 5.40. The number of hydrogen-bond acceptors (Lipinski definition) is 6. The second kappa shape index (κ2) is 10.5. The summed E-state index contributed by atoms with van der Waals surface area (Å²) in [6, 6.07) is 18.1. The number of carboxylic acids is 2. The number of rotatable bonds is 7. The van der Waals surface area contributed by atoms with E-state index in [0.717, 1.165) is 23.4 Å². The zero-order chi connectivity index (χ0) is 24.9. The molecule has 8 nitrogen and oxygen atoms in total. The Bertz CT molecular complexity index is 1350. The monoisotopic (exact) mass is 508 g/mol. The van der Waals surface area contributed by atoms with Crippen molar-refractivity contribution in [2.24, 2.45) is 4.99 Å². The summed E-state index contributed by atoms with van der Waals surface area (Å²) in [5, 5.41) is 22.1. The average Bonchev–Trinajstić information content (AvgIpc) is 3.17. The molecule has 0 fully saturated rings. The minimum Gasteiger partial charge on any atom is -0.488 e. The van der Waals surface area contributed by atoms with Gasteiger partial charge in [-0.3, -0.25) is 4.79 Å². The van der Waals surface area contributed by atoms with Gasteiger partial charge in [-0.1, -0.05) is 41.9 Å². The first kappa shape index (κ1) is 24.1. The van der Waals surface area contributed by atoms with E-state index in [-0.39, 0.29) is 22.0 Å². The molecule has 0 aromatic heterocycles. The van der Waals surface area contributed by atoms with Crippen molar-refractivity contribution >= 4 is 58.1 Å². The molecule has 0 spiro atoms. The molecule has 35 heavy (non-hydrogen) atoms. The Morgan fingerprint density at radius 2 is 1.66 bits per heavy atom. The Morgan fingerprint density at radius 3 is 2.31 bits per heavy atom. The number of aliphatic imine (C=N–C) groups is 1. The molecule has 0 saturated carbocycles. The summed E-state index contributed by atoms with van der Waals surface area (Å²) in [7, 11) is 0. The lowest BCUT2D eigenvalue weighted by Crippen LogP contribution is -2.09. The number of amidine groups is 1. The first-order valence-electron chi connectivity index (χ1n) is 10.2. The number of carboxylic acid groups (broad SMARTS) is 2. The third-order valence-corrected chi connectivity index (χ3v) is 5.96. The van der Waals surface area contributed by atoms with Crippen molar-refractivity contribution in [3.05, 3.63) is 98.9 Å². The van der Waals surface area contributed by atoms with Gasteiger partial charge < -0.3 is 20.3 Å². The average molecular weight is 509 g/mol. The SMILES string of the molecule is O=C1N=C(Nc2cc(C(=O)O)cc(C(=O)O)c2)S/C1=C\c1ccccc1OCc1ccc(Cl)cc1. The number of ether oxygens (including phenoxy) is 1. The number of nitrogens with one attached hydrogen (secondary N) is 1. The van der Waals surface area contributed by atoms with Gasteiger partial charge in [0.2, 0.25) is 0 Å². The van der Waals surface area contributed by atoms with Crippen molar-refractivity contribution in [3.63, 3.8) is 0 Å². The van der Waals surface area contributed by atoms with E-state index in [4.69, 9.17) is 16.3 Å². The zero-order valence-corrected chi connectivity index (χ0v) is 19.5. The number of anilines is 1. The van der Waals surface area contributed by atoms with Crippen LogP contribution in [0.3, 0.4) is 0 Å². The van der Waals surface area contributed by atoms with E-state index in [1.807, 2.05) is 24.3 Å². The summed E-state index contributed by atoms with van der Waals surface area (Å²) < 4.78 is 5.93. The van der Waals surface area contributed by atoms with E-state index in [9.17, 15) is 24.6 Å². The van der Waals surface area contributed by atoms with Crippen molar-refractivity contribution < 1.29 is 29.3 Å². The van der Waals surface area contributed by atoms with Gasteiger partial charge in [-0.2, -0.15) is 4.99 Å². The van der Waals surface area contributed by atoms with Crippen LogP contribution >= 0.6 is 23.4 Å². The summed E-state index contributed by atoms with van der Waals surface area (Å²) in [5.41, 5.74) is 1.39. The Balaban J connectivity index is 1.50. The topological polar surface area (TPSA) is 125 Å². The van der Waals surface area contributed by atoms with E-state index in [2.05, 4.69) is 10.3 Å². The number of carbonyl (C=O) groups is 3. The molecular formula is C25H17ClN2O6S. The molecule has 0 unspecified atom stereocenters. The molecule has 3 aromatic carbocycles. The van der Waals surface area contributed by atoms with Gasteiger partial charge in [0, 0.05) is 16.3 Å². The second-order valence-corrected chi connectivity index (χ2v) is 8.79. The Labute approximate surface area is 208 Å². The summed E-state index contributed by atoms with van der Waals surface area (Å²) in [6.07, 6.45) is 1.65. The number of aromatic carboxylic acids is 2. The molecule has 1 aliphatic rings. The number of benzene rings is 3. The molecule has 3 aromatic rings. The molecular weight excluding hydrogens is 492 g/mol. The van der Waals surface area contributed by atoms with Crippen LogP contribution in [0, 0.1) is 0 Å². The van der Waals surface area contributed by atoms with E-state index < -0.39 is 17.8 Å². The van der Waals surface area contributed by atoms with Crippen LogP contribution in [0.2, 0.25) is 5.02 Å². The molecule has 4 rings (SSSR count). The van der Waals surface area contributed by atoms with Gasteiger partial charge >= 0.3 is 11.9 Å². The van der Waals surface area contributed by atoms with Crippen LogP contribution in [0.1, 0.15) is 31.8 Å². The highest BCUT2D eigenvalue weighted by molar-refractivity contribution is 8.18. The predicted molar refractivity (Wildman–Crippen MR) is 134 cm³/mol. The van der Waals surface area contributed by atoms with Crippen LogP contribution in [0.25, 0.3) is 6.08 Å². The number of carbonyl (C=O) groups excluding carboxylic acids is 1. The number of thioether (sulfide) groups is 1. The molecule has 0 aliphatic carbocycles. The van der Waals surface area contributed by atoms with Crippen molar-refractivity contribution in [1.29, 1.82) is 0 Å². The molecule has 1 amide bonds. The van der Waals surface area contributed by atoms with E-state index in [1.165, 1.54) is 12.1 Å². The lowest BCUT2D eigenvalue weighted by Gasteiger charge is -2.10. The van der Waals surface area contributed by atoms with Gasteiger partial charge in [-0.15, -0.1) is 0 Å². The number of para-hydroxylation sites is 1. The minimum atomic E-state index is -1.27. The standard InChI is InChI=1S/C25H17ClN2O6S/c26-18-7-5-14(6-8-18)13-34-20-4-2-1-3-15(20)12-21-22(29)28-25(35-21)27-19-10-16(23(30)31)9-17(11-19)24(32)33/h1-12H,13H2,(H,30,31)(H,32,33)(H,27,28,29)/b21-12-. The van der Waals surface area contributed by atoms with Crippen LogP contribution in [-0.2, 0) is 11.4 Å². The van der Waals surface area contributed by atoms with E-state index in [0.29, 0.717) is 27.8 Å². The second-order valence-electron chi connectivity index (χ2n) is 7.32. The quantitative estimate of drug-likeness (QED) is 0.362. The summed E-state index contributed by atoms with van der Waals surface area (Å²) in [4.78, 5) is 39.4. The van der Waals surface area contributed by atoms with Crippen LogP contribution in [0.4, 0.5) is 5.69 Å². The van der Waals surface area contributed by atoms with Crippen molar-refractivity contribution in [2.45, 2.75) is 6.61 Å². The summed E-state index contributed by atoms with van der Waals surface area (Å²) >= 11 is 6.96. The lowest BCUT2D eigenvalue weighted by atomic mass is 10.1. The first-order chi connectivity index (χ1) is 16.8. The van der Waals surface area contributed by atoms with Crippen molar-refractivity contribution in [1.82, 2.24) is 0 Å². The molecule has 176 valence electrons. The molecule has 10 heteroatoms. The maximum absolute atomic E-state index is 12.5. The number of nitrogens with zero attached hydrogens (tertiary/aromatic N) is 1. The fourth-order valence-electron chi connectivity index (χ4n) is 3.15. The number of hydrogen-bond donors (Lipinski definition) is 3. The van der Waals surface area contributed by atoms with Crippen LogP contribution in [0.15, 0.2) is 76.6 Å². The maximum Gasteiger partial charge on any atom is 0.335 e. The highest BCUT2D eigenvalue weighted by atomic mass is 35.5. The molecule has 0 radical (unpaired) electrons. The molecule has 3 N–H and O–H groups in total. The minimum absolute atomic E-state index is 0.189. The highest BCUT2D eigenvalue weighted by Crippen LogP contribution is 2.32. The third-order valence-electron chi connectivity index (χ3n) is 4.81. The molecule has 1 aliphatic heterocycles. The number of amides is 1. The van der Waals surface area contributed by atoms with Gasteiger partial charge in [0.25, 0.3) is 5.91 Å². The van der Waals surface area contributed by atoms with Gasteiger partial charge in [-0.05, 0) is 59.8 Å². The van der Waals surface area contributed by atoms with Gasteiger partial charge in [-0.25, -0.2) is 9.59 Å². The normalized spacial score (nSPS) is 14.0. The first-order valence-corrected chi connectivity index (χ1v) is 11.4. The lowest BCUT2D eigenvalue weighted by molar-refractivity contribution is -0.113. The van der Waals surface area contributed by atoms with Crippen molar-refractivity contribution in [2.75, 3.05) is 5.32 Å². The third kappa shape index (κ3) is 6.08. The van der Waals surface area contributed by atoms with Crippen LogP contribution < -0.4 is 10.1 Å². The number of halogens is 1. The summed E-state index contributed by atoms with van der Waals surface area (Å²) in [5.74, 6) is -2.46. The molecule has 1 heterocycles. The maximum atomic E-state index is 12.5. The Kier molecular flexibility index (Phi) is 7.19. The molecule has 0 saturated heterocycles. The van der Waals surface area contributed by atoms with Crippen LogP contribution in [0.5, 0.6) is 5.75 Å². The Morgan fingerprint density at radius 1 is 1.00 bits per heavy atom. The van der Waals surface area contributed by atoms with E-state index in [1.54, 1.807) is 30.3 Å². The molecule has 0 bridgehead atoms. The fourth-order valence-corrected chi connectivity index (χ4v) is 4.10.